The molecule has 6 nitrogen and oxygen atoms in total. The number of nitrogens with zero attached hydrogens (tertiary/aromatic N) is 1. The van der Waals surface area contributed by atoms with Crippen molar-refractivity contribution >= 4 is 11.6 Å². The molecule has 0 spiro atoms. The van der Waals surface area contributed by atoms with Crippen molar-refractivity contribution in [3.8, 4) is 11.5 Å². The largest absolute Gasteiger partial charge is 0.497 e. The molecule has 0 fully saturated rings. The van der Waals surface area contributed by atoms with Crippen LogP contribution >= 0.6 is 0 Å². The summed E-state index contributed by atoms with van der Waals surface area (Å²) in [6.45, 7) is 2.47. The first-order valence-electron chi connectivity index (χ1n) is 11.0. The van der Waals surface area contributed by atoms with Crippen LogP contribution in [0.1, 0.15) is 52.1 Å². The highest BCUT2D eigenvalue weighted by atomic mass is 16.6. The minimum absolute atomic E-state index is 0.109. The van der Waals surface area contributed by atoms with Gasteiger partial charge in [0.05, 0.1) is 19.9 Å². The molecule has 1 aliphatic heterocycles. The summed E-state index contributed by atoms with van der Waals surface area (Å²) in [5.41, 5.74) is 5.40. The third-order valence-electron chi connectivity index (χ3n) is 5.81. The Bertz CT molecular complexity index is 1160. The Labute approximate surface area is 194 Å². The maximum Gasteiger partial charge on any atom is 0.251 e. The molecule has 1 heterocycles. The second-order valence-corrected chi connectivity index (χ2v) is 7.87. The average Bonchev–Trinajstić information content (AvgIpc) is 3.37. The summed E-state index contributed by atoms with van der Waals surface area (Å²) >= 11 is 0. The lowest BCUT2D eigenvalue weighted by Gasteiger charge is -2.12. The quantitative estimate of drug-likeness (QED) is 0.527. The van der Waals surface area contributed by atoms with E-state index in [9.17, 15) is 4.79 Å². The molecule has 0 radical (unpaired) electrons. The van der Waals surface area contributed by atoms with E-state index in [1.165, 1.54) is 0 Å². The lowest BCUT2D eigenvalue weighted by molar-refractivity contribution is 0.0857. The van der Waals surface area contributed by atoms with Gasteiger partial charge in [0.2, 0.25) is 0 Å². The molecular weight excluding hydrogens is 416 g/mol. The number of oxime groups is 1. The number of rotatable bonds is 8. The van der Waals surface area contributed by atoms with Gasteiger partial charge in [-0.15, -0.1) is 0 Å². The fraction of sp³-hybridized carbons (Fsp3) is 0.259. The molecule has 1 amide bonds. The number of benzene rings is 3. The highest BCUT2D eigenvalue weighted by Gasteiger charge is 2.25. The molecule has 0 aromatic heterocycles. The fourth-order valence-electron chi connectivity index (χ4n) is 3.88. The van der Waals surface area contributed by atoms with Crippen LogP contribution in [0.5, 0.6) is 11.5 Å². The van der Waals surface area contributed by atoms with Crippen molar-refractivity contribution in [3.63, 3.8) is 0 Å². The van der Waals surface area contributed by atoms with Crippen molar-refractivity contribution in [2.45, 2.75) is 32.4 Å². The number of amides is 1. The highest BCUT2D eigenvalue weighted by molar-refractivity contribution is 6.04. The van der Waals surface area contributed by atoms with Crippen molar-refractivity contribution < 1.29 is 19.1 Å². The molecule has 0 saturated heterocycles. The number of hydrogen-bond acceptors (Lipinski definition) is 5. The first-order chi connectivity index (χ1) is 16.1. The predicted molar refractivity (Wildman–Crippen MR) is 128 cm³/mol. The molecule has 0 bridgehead atoms. The second kappa shape index (κ2) is 10.2. The molecule has 0 saturated carbocycles. The summed E-state index contributed by atoms with van der Waals surface area (Å²) in [5.74, 6) is 1.46. The molecule has 6 heteroatoms. The molecule has 3 aromatic rings. The van der Waals surface area contributed by atoms with Crippen molar-refractivity contribution in [2.24, 2.45) is 5.16 Å². The Morgan fingerprint density at radius 1 is 1.03 bits per heavy atom. The van der Waals surface area contributed by atoms with Gasteiger partial charge in [0.25, 0.3) is 5.91 Å². The Morgan fingerprint density at radius 3 is 2.55 bits per heavy atom. The van der Waals surface area contributed by atoms with Crippen LogP contribution in [0.15, 0.2) is 71.9 Å². The average molecular weight is 445 g/mol. The minimum Gasteiger partial charge on any atom is -0.497 e. The first-order valence-corrected chi connectivity index (χ1v) is 11.0. The smallest absolute Gasteiger partial charge is 0.251 e. The van der Waals surface area contributed by atoms with E-state index in [2.05, 4.69) is 10.5 Å². The molecule has 0 aliphatic carbocycles. The second-order valence-electron chi connectivity index (χ2n) is 7.87. The van der Waals surface area contributed by atoms with Gasteiger partial charge in [-0.05, 0) is 53.4 Å². The molecule has 1 N–H and O–H groups in total. The number of hydrogen-bond donors (Lipinski definition) is 1. The summed E-state index contributed by atoms with van der Waals surface area (Å²) in [5, 5.41) is 7.34. The van der Waals surface area contributed by atoms with Gasteiger partial charge in [-0.25, -0.2) is 0 Å². The van der Waals surface area contributed by atoms with E-state index in [-0.39, 0.29) is 12.0 Å². The first kappa shape index (κ1) is 22.4. The maximum absolute atomic E-state index is 13.0. The molecule has 170 valence electrons. The van der Waals surface area contributed by atoms with Gasteiger partial charge in [0.1, 0.15) is 11.5 Å². The fourth-order valence-corrected chi connectivity index (χ4v) is 3.88. The minimum atomic E-state index is -0.151. The zero-order valence-electron chi connectivity index (χ0n) is 19.1. The van der Waals surface area contributed by atoms with E-state index < -0.39 is 0 Å². The lowest BCUT2D eigenvalue weighted by Crippen LogP contribution is -2.24. The van der Waals surface area contributed by atoms with Crippen LogP contribution in [0.2, 0.25) is 0 Å². The van der Waals surface area contributed by atoms with Crippen molar-refractivity contribution in [1.29, 1.82) is 0 Å². The van der Waals surface area contributed by atoms with Crippen molar-refractivity contribution in [3.05, 3.63) is 94.5 Å². The number of nitrogens with one attached hydrogen (secondary N) is 1. The van der Waals surface area contributed by atoms with Crippen LogP contribution in [0.25, 0.3) is 0 Å². The molecule has 4 rings (SSSR count). The van der Waals surface area contributed by atoms with Crippen molar-refractivity contribution in [1.82, 2.24) is 5.32 Å². The van der Waals surface area contributed by atoms with Gasteiger partial charge in [-0.2, -0.15) is 0 Å². The number of methoxy groups -OCH3 is 2. The van der Waals surface area contributed by atoms with Crippen LogP contribution in [0.4, 0.5) is 0 Å². The number of carbonyl (C=O) groups is 1. The third-order valence-corrected chi connectivity index (χ3v) is 5.81. The van der Waals surface area contributed by atoms with Gasteiger partial charge in [-0.1, -0.05) is 48.5 Å². The molecule has 3 aromatic carbocycles. The summed E-state index contributed by atoms with van der Waals surface area (Å²) in [6, 6.07) is 21.4. The molecule has 33 heavy (non-hydrogen) atoms. The summed E-state index contributed by atoms with van der Waals surface area (Å²) in [6.07, 6.45) is 1.25. The van der Waals surface area contributed by atoms with E-state index in [1.807, 2.05) is 73.7 Å². The Kier molecular flexibility index (Phi) is 6.93. The van der Waals surface area contributed by atoms with E-state index in [0.29, 0.717) is 18.5 Å². The SMILES string of the molecule is CCc1ccc(C2=NOC(c3ccc(OC)cc3)C2)cc1C(=O)NCc1cccc(OC)c1. The number of carbonyl (C=O) groups excluding carboxylic acids is 1. The number of aryl methyl sites for hydroxylation is 1. The monoisotopic (exact) mass is 444 g/mol. The van der Waals surface area contributed by atoms with Crippen LogP contribution in [-0.4, -0.2) is 25.8 Å². The predicted octanol–water partition coefficient (Wildman–Crippen LogP) is 5.06. The van der Waals surface area contributed by atoms with Crippen LogP contribution in [0, 0.1) is 0 Å². The summed E-state index contributed by atoms with van der Waals surface area (Å²) < 4.78 is 10.5. The Balaban J connectivity index is 1.47. The number of ether oxygens (including phenoxy) is 2. The standard InChI is InChI=1S/C27H28N2O4/c1-4-19-8-9-21(25-16-26(33-29-25)20-10-12-22(31-2)13-11-20)15-24(19)27(30)28-17-18-6-5-7-23(14-18)32-3/h5-15,26H,4,16-17H2,1-3H3,(H,28,30). The van der Waals surface area contributed by atoms with Gasteiger partial charge in [0.15, 0.2) is 6.10 Å². The van der Waals surface area contributed by atoms with Gasteiger partial charge in [0, 0.05) is 24.1 Å². The van der Waals surface area contributed by atoms with Gasteiger partial charge in [-0.3, -0.25) is 4.79 Å². The molecule has 1 atom stereocenters. The summed E-state index contributed by atoms with van der Waals surface area (Å²) in [7, 11) is 3.28. The highest BCUT2D eigenvalue weighted by Crippen LogP contribution is 2.31. The van der Waals surface area contributed by atoms with Gasteiger partial charge < -0.3 is 19.6 Å². The van der Waals surface area contributed by atoms with E-state index in [1.54, 1.807) is 14.2 Å². The topological polar surface area (TPSA) is 69.2 Å². The van der Waals surface area contributed by atoms with Crippen molar-refractivity contribution in [2.75, 3.05) is 14.2 Å². The lowest BCUT2D eigenvalue weighted by atomic mass is 9.95. The molecule has 1 unspecified atom stereocenters. The van der Waals surface area contributed by atoms with Crippen LogP contribution < -0.4 is 14.8 Å². The Morgan fingerprint density at radius 2 is 1.82 bits per heavy atom. The van der Waals surface area contributed by atoms with E-state index >= 15 is 0 Å². The van der Waals surface area contributed by atoms with E-state index in [0.717, 1.165) is 45.9 Å². The molecular formula is C27H28N2O4. The maximum atomic E-state index is 13.0. The van der Waals surface area contributed by atoms with Crippen LogP contribution in [0.3, 0.4) is 0 Å². The normalized spacial score (nSPS) is 14.9. The summed E-state index contributed by atoms with van der Waals surface area (Å²) in [4.78, 5) is 18.7. The molecule has 1 aliphatic rings. The Hall–Kier alpha value is -3.80. The third kappa shape index (κ3) is 5.17. The van der Waals surface area contributed by atoms with E-state index in [4.69, 9.17) is 14.3 Å². The van der Waals surface area contributed by atoms with Gasteiger partial charge >= 0.3 is 0 Å². The zero-order valence-corrected chi connectivity index (χ0v) is 19.1. The zero-order chi connectivity index (χ0) is 23.2. The van der Waals surface area contributed by atoms with Crippen LogP contribution in [-0.2, 0) is 17.8 Å².